The molecule has 0 aromatic heterocycles. The van der Waals surface area contributed by atoms with Gasteiger partial charge in [0.15, 0.2) is 0 Å². The Balaban J connectivity index is 1.80. The van der Waals surface area contributed by atoms with Gasteiger partial charge in [-0.25, -0.2) is 4.79 Å². The summed E-state index contributed by atoms with van der Waals surface area (Å²) in [6.07, 6.45) is 0.764. The Morgan fingerprint density at radius 3 is 2.27 bits per heavy atom. The highest BCUT2D eigenvalue weighted by atomic mass is 16.5. The summed E-state index contributed by atoms with van der Waals surface area (Å²) in [5, 5.41) is 2.68. The number of hydrogen-bond acceptors (Lipinski definition) is 3. The summed E-state index contributed by atoms with van der Waals surface area (Å²) in [6, 6.07) is 16.9. The number of carbonyl (C=O) groups excluding carboxylic acids is 2. The maximum absolute atomic E-state index is 11.7. The van der Waals surface area contributed by atoms with Crippen LogP contribution in [0.25, 0.3) is 0 Å². The molecule has 0 spiro atoms. The van der Waals surface area contributed by atoms with Crippen LogP contribution >= 0.6 is 0 Å². The average molecular weight is 297 g/mol. The summed E-state index contributed by atoms with van der Waals surface area (Å²) in [5.74, 6) is 0.173. The first-order valence-corrected chi connectivity index (χ1v) is 7.19. The lowest BCUT2D eigenvalue weighted by molar-refractivity contribution is -0.116. The van der Waals surface area contributed by atoms with Gasteiger partial charge < -0.3 is 9.53 Å². The third-order valence-corrected chi connectivity index (χ3v) is 3.18. The van der Waals surface area contributed by atoms with Crippen LogP contribution in [0.4, 0.5) is 10.5 Å². The first-order valence-electron chi connectivity index (χ1n) is 7.19. The number of Topliss-reactive ketones (excluding diaryl/α,β-unsaturated/α-hetero) is 1. The van der Waals surface area contributed by atoms with Crippen LogP contribution in [0, 0.1) is 0 Å². The van der Waals surface area contributed by atoms with E-state index in [0.717, 1.165) is 11.1 Å². The van der Waals surface area contributed by atoms with Gasteiger partial charge in [0.2, 0.25) is 0 Å². The number of carbonyl (C=O) groups is 2. The second-order valence-corrected chi connectivity index (χ2v) is 5.09. The van der Waals surface area contributed by atoms with Crippen LogP contribution in [0.2, 0.25) is 0 Å². The van der Waals surface area contributed by atoms with Crippen LogP contribution < -0.4 is 5.32 Å². The van der Waals surface area contributed by atoms with Crippen molar-refractivity contribution in [2.75, 3.05) is 5.32 Å². The first kappa shape index (κ1) is 15.8. The van der Waals surface area contributed by atoms with Crippen LogP contribution in [0.3, 0.4) is 0 Å². The fourth-order valence-electron chi connectivity index (χ4n) is 1.95. The molecule has 114 valence electrons. The summed E-state index contributed by atoms with van der Waals surface area (Å²) in [5.41, 5.74) is 2.68. The van der Waals surface area contributed by atoms with E-state index >= 15 is 0 Å². The van der Waals surface area contributed by atoms with E-state index in [1.807, 2.05) is 42.5 Å². The number of anilines is 1. The topological polar surface area (TPSA) is 55.4 Å². The molecule has 0 bridgehead atoms. The molecule has 22 heavy (non-hydrogen) atoms. The summed E-state index contributed by atoms with van der Waals surface area (Å²) >= 11 is 0. The molecule has 0 radical (unpaired) electrons. The molecular weight excluding hydrogens is 278 g/mol. The Hall–Kier alpha value is -2.62. The fourth-order valence-corrected chi connectivity index (χ4v) is 1.95. The zero-order valence-electron chi connectivity index (χ0n) is 12.5. The predicted octanol–water partition coefficient (Wildman–Crippen LogP) is 3.96. The molecule has 1 N–H and O–H groups in total. The van der Waals surface area contributed by atoms with Crippen LogP contribution in [-0.2, 0) is 22.6 Å². The van der Waals surface area contributed by atoms with Crippen molar-refractivity contribution in [1.29, 1.82) is 0 Å². The largest absolute Gasteiger partial charge is 0.444 e. The van der Waals surface area contributed by atoms with Crippen molar-refractivity contribution in [1.82, 2.24) is 0 Å². The molecule has 0 heterocycles. The first-order chi connectivity index (χ1) is 10.6. The molecule has 0 aliphatic carbocycles. The van der Waals surface area contributed by atoms with Gasteiger partial charge >= 0.3 is 6.09 Å². The maximum atomic E-state index is 11.7. The molecule has 0 aliphatic heterocycles. The summed E-state index contributed by atoms with van der Waals surface area (Å²) in [7, 11) is 0. The van der Waals surface area contributed by atoms with Crippen LogP contribution in [0.5, 0.6) is 0 Å². The smallest absolute Gasteiger partial charge is 0.411 e. The minimum absolute atomic E-state index is 0.173. The molecule has 0 fully saturated rings. The van der Waals surface area contributed by atoms with E-state index in [-0.39, 0.29) is 12.4 Å². The lowest BCUT2D eigenvalue weighted by Gasteiger charge is -2.08. The molecule has 0 unspecified atom stereocenters. The molecule has 1 amide bonds. The molecule has 4 heteroatoms. The Morgan fingerprint density at radius 2 is 1.64 bits per heavy atom. The minimum Gasteiger partial charge on any atom is -0.444 e. The van der Waals surface area contributed by atoms with Gasteiger partial charge in [0.25, 0.3) is 0 Å². The van der Waals surface area contributed by atoms with Crippen LogP contribution in [-0.4, -0.2) is 11.9 Å². The predicted molar refractivity (Wildman–Crippen MR) is 85.7 cm³/mol. The van der Waals surface area contributed by atoms with Gasteiger partial charge in [-0.1, -0.05) is 42.5 Å². The normalized spacial score (nSPS) is 10.0. The van der Waals surface area contributed by atoms with Crippen molar-refractivity contribution in [2.45, 2.75) is 26.4 Å². The zero-order valence-corrected chi connectivity index (χ0v) is 12.5. The van der Waals surface area contributed by atoms with Crippen LogP contribution in [0.15, 0.2) is 54.6 Å². The number of nitrogens with one attached hydrogen (secondary N) is 1. The maximum Gasteiger partial charge on any atom is 0.411 e. The van der Waals surface area contributed by atoms with Crippen molar-refractivity contribution >= 4 is 17.6 Å². The van der Waals surface area contributed by atoms with Gasteiger partial charge in [-0.2, -0.15) is 0 Å². The third-order valence-electron chi connectivity index (χ3n) is 3.18. The molecule has 2 aromatic carbocycles. The summed E-state index contributed by atoms with van der Waals surface area (Å²) < 4.78 is 5.15. The second-order valence-electron chi connectivity index (χ2n) is 5.09. The number of benzene rings is 2. The van der Waals surface area contributed by atoms with Crippen molar-refractivity contribution in [3.63, 3.8) is 0 Å². The zero-order chi connectivity index (χ0) is 15.8. The molecule has 0 saturated carbocycles. The van der Waals surface area contributed by atoms with Crippen molar-refractivity contribution in [3.05, 3.63) is 65.7 Å². The van der Waals surface area contributed by atoms with E-state index in [1.54, 1.807) is 19.1 Å². The Morgan fingerprint density at radius 1 is 0.955 bits per heavy atom. The van der Waals surface area contributed by atoms with Gasteiger partial charge in [0, 0.05) is 12.1 Å². The van der Waals surface area contributed by atoms with Gasteiger partial charge in [-0.05, 0) is 36.6 Å². The number of rotatable bonds is 6. The lowest BCUT2D eigenvalue weighted by atomic mass is 10.1. The minimum atomic E-state index is -0.486. The van der Waals surface area contributed by atoms with E-state index < -0.39 is 6.09 Å². The quantitative estimate of drug-likeness (QED) is 0.878. The second kappa shape index (κ2) is 7.98. The number of aryl methyl sites for hydroxylation is 1. The van der Waals surface area contributed by atoms with E-state index in [0.29, 0.717) is 18.5 Å². The molecule has 0 aliphatic rings. The fraction of sp³-hybridized carbons (Fsp3) is 0.222. The van der Waals surface area contributed by atoms with Gasteiger partial charge in [-0.15, -0.1) is 0 Å². The Bertz CT molecular complexity index is 621. The molecule has 2 aromatic rings. The Labute approximate surface area is 130 Å². The molecule has 0 atom stereocenters. The highest BCUT2D eigenvalue weighted by Crippen LogP contribution is 2.12. The van der Waals surface area contributed by atoms with Crippen molar-refractivity contribution < 1.29 is 14.3 Å². The number of hydrogen-bond donors (Lipinski definition) is 1. The highest BCUT2D eigenvalue weighted by molar-refractivity contribution is 5.84. The van der Waals surface area contributed by atoms with Crippen molar-refractivity contribution in [3.8, 4) is 0 Å². The highest BCUT2D eigenvalue weighted by Gasteiger charge is 2.04. The van der Waals surface area contributed by atoms with E-state index in [1.165, 1.54) is 0 Å². The van der Waals surface area contributed by atoms with Gasteiger partial charge in [0.1, 0.15) is 12.4 Å². The monoisotopic (exact) mass is 297 g/mol. The van der Waals surface area contributed by atoms with E-state index in [4.69, 9.17) is 4.74 Å². The van der Waals surface area contributed by atoms with E-state index in [2.05, 4.69) is 5.32 Å². The molecule has 0 saturated heterocycles. The molecule has 4 nitrogen and oxygen atoms in total. The van der Waals surface area contributed by atoms with Gasteiger partial charge in [0.05, 0.1) is 0 Å². The van der Waals surface area contributed by atoms with Crippen molar-refractivity contribution in [2.24, 2.45) is 0 Å². The number of ether oxygens (including phenoxy) is 1. The number of amides is 1. The third kappa shape index (κ3) is 5.40. The molecule has 2 rings (SSSR count). The average Bonchev–Trinajstić information content (AvgIpc) is 2.53. The lowest BCUT2D eigenvalue weighted by Crippen LogP contribution is -2.13. The number of ketones is 1. The van der Waals surface area contributed by atoms with E-state index in [9.17, 15) is 9.59 Å². The van der Waals surface area contributed by atoms with Crippen LogP contribution in [0.1, 0.15) is 24.5 Å². The SMILES string of the molecule is CC(=O)CCc1ccc(NC(=O)OCc2ccccc2)cc1. The van der Waals surface area contributed by atoms with Gasteiger partial charge in [-0.3, -0.25) is 5.32 Å². The Kier molecular flexibility index (Phi) is 5.72. The molecular formula is C18H19NO3. The summed E-state index contributed by atoms with van der Waals surface area (Å²) in [4.78, 5) is 22.7. The standard InChI is InChI=1S/C18H19NO3/c1-14(20)7-8-15-9-11-17(12-10-15)19-18(21)22-13-16-5-3-2-4-6-16/h2-6,9-12H,7-8,13H2,1H3,(H,19,21). The summed E-state index contributed by atoms with van der Waals surface area (Å²) in [6.45, 7) is 1.82.